The lowest BCUT2D eigenvalue weighted by Gasteiger charge is -2.27. The summed E-state index contributed by atoms with van der Waals surface area (Å²) < 4.78 is 10.6. The molecule has 1 aliphatic heterocycles. The van der Waals surface area contributed by atoms with E-state index in [1.165, 1.54) is 11.8 Å². The van der Waals surface area contributed by atoms with E-state index in [2.05, 4.69) is 5.32 Å². The van der Waals surface area contributed by atoms with Crippen LogP contribution in [0.3, 0.4) is 0 Å². The summed E-state index contributed by atoms with van der Waals surface area (Å²) in [5.74, 6) is 1.70. The molecule has 0 aromatic heterocycles. The number of nitrogens with one attached hydrogen (secondary N) is 1. The van der Waals surface area contributed by atoms with Crippen molar-refractivity contribution in [3.05, 3.63) is 29.2 Å². The van der Waals surface area contributed by atoms with Crippen LogP contribution in [-0.2, 0) is 4.79 Å². The molecule has 0 amide bonds. The smallest absolute Gasteiger partial charge is 0.215 e. The van der Waals surface area contributed by atoms with E-state index in [-0.39, 0.29) is 17.1 Å². The van der Waals surface area contributed by atoms with Crippen molar-refractivity contribution in [2.75, 3.05) is 14.2 Å². The van der Waals surface area contributed by atoms with Crippen LogP contribution in [0.15, 0.2) is 23.6 Å². The molecule has 1 aromatic rings. The van der Waals surface area contributed by atoms with Crippen molar-refractivity contribution in [2.45, 2.75) is 19.9 Å². The molecule has 108 valence electrons. The first-order valence-electron chi connectivity index (χ1n) is 6.46. The highest BCUT2D eigenvalue weighted by molar-refractivity contribution is 8.16. The molecule has 1 aromatic carbocycles. The van der Waals surface area contributed by atoms with Gasteiger partial charge in [0.1, 0.15) is 11.5 Å². The van der Waals surface area contributed by atoms with Gasteiger partial charge in [-0.1, -0.05) is 25.6 Å². The van der Waals surface area contributed by atoms with Gasteiger partial charge in [0.05, 0.1) is 26.0 Å². The van der Waals surface area contributed by atoms with E-state index in [9.17, 15) is 4.79 Å². The maximum absolute atomic E-state index is 11.9. The van der Waals surface area contributed by atoms with Gasteiger partial charge >= 0.3 is 0 Å². The second kappa shape index (κ2) is 6.22. The Bertz CT molecular complexity index is 540. The zero-order valence-corrected chi connectivity index (χ0v) is 12.9. The second-order valence-corrected chi connectivity index (χ2v) is 5.77. The summed E-state index contributed by atoms with van der Waals surface area (Å²) in [6.45, 7) is 4.06. The molecule has 2 rings (SSSR count). The average Bonchev–Trinajstić information content (AvgIpc) is 2.46. The van der Waals surface area contributed by atoms with Gasteiger partial charge in [-0.15, -0.1) is 0 Å². The zero-order chi connectivity index (χ0) is 14.7. The van der Waals surface area contributed by atoms with Gasteiger partial charge in [-0.05, 0) is 18.1 Å². The number of hydrogen-bond acceptors (Lipinski definition) is 5. The standard InChI is InChI=1S/C15H19NO3S/c1-9(2)14-15(17)20-8-12(16-14)11-6-5-10(18-3)7-13(11)19-4/h5-9,14,16H,1-4H3/t14-/m0/s1. The third-order valence-corrected chi connectivity index (χ3v) is 4.06. The molecular weight excluding hydrogens is 274 g/mol. The fourth-order valence-corrected chi connectivity index (χ4v) is 2.96. The predicted molar refractivity (Wildman–Crippen MR) is 81.9 cm³/mol. The van der Waals surface area contributed by atoms with Gasteiger partial charge in [-0.3, -0.25) is 4.79 Å². The van der Waals surface area contributed by atoms with Crippen molar-refractivity contribution in [1.82, 2.24) is 5.32 Å². The lowest BCUT2D eigenvalue weighted by atomic mass is 10.0. The summed E-state index contributed by atoms with van der Waals surface area (Å²) in [5.41, 5.74) is 1.84. The Morgan fingerprint density at radius 2 is 2.00 bits per heavy atom. The summed E-state index contributed by atoms with van der Waals surface area (Å²) in [6, 6.07) is 5.48. The van der Waals surface area contributed by atoms with Crippen molar-refractivity contribution >= 4 is 22.6 Å². The van der Waals surface area contributed by atoms with Crippen LogP contribution in [0.2, 0.25) is 0 Å². The molecule has 5 heteroatoms. The topological polar surface area (TPSA) is 47.6 Å². The van der Waals surface area contributed by atoms with Gasteiger partial charge in [0.15, 0.2) is 0 Å². The highest BCUT2D eigenvalue weighted by Crippen LogP contribution is 2.33. The van der Waals surface area contributed by atoms with Crippen molar-refractivity contribution < 1.29 is 14.3 Å². The van der Waals surface area contributed by atoms with E-state index in [0.29, 0.717) is 0 Å². The van der Waals surface area contributed by atoms with Gasteiger partial charge in [-0.25, -0.2) is 0 Å². The third-order valence-electron chi connectivity index (χ3n) is 3.22. The number of thioether (sulfide) groups is 1. The molecule has 0 unspecified atom stereocenters. The molecule has 0 saturated heterocycles. The van der Waals surface area contributed by atoms with Crippen LogP contribution in [0.25, 0.3) is 5.70 Å². The lowest BCUT2D eigenvalue weighted by molar-refractivity contribution is -0.113. The van der Waals surface area contributed by atoms with Crippen LogP contribution in [0, 0.1) is 5.92 Å². The van der Waals surface area contributed by atoms with Crippen molar-refractivity contribution in [1.29, 1.82) is 0 Å². The summed E-state index contributed by atoms with van der Waals surface area (Å²) in [6.07, 6.45) is 0. The first-order valence-corrected chi connectivity index (χ1v) is 7.34. The molecule has 1 atom stereocenters. The second-order valence-electron chi connectivity index (χ2n) is 4.90. The molecule has 1 aliphatic rings. The Labute approximate surface area is 123 Å². The number of ether oxygens (including phenoxy) is 2. The van der Waals surface area contributed by atoms with Crippen LogP contribution in [0.5, 0.6) is 11.5 Å². The highest BCUT2D eigenvalue weighted by atomic mass is 32.2. The van der Waals surface area contributed by atoms with Gasteiger partial charge in [-0.2, -0.15) is 0 Å². The minimum absolute atomic E-state index is 0.149. The van der Waals surface area contributed by atoms with E-state index in [0.717, 1.165) is 22.8 Å². The Morgan fingerprint density at radius 3 is 2.60 bits per heavy atom. The van der Waals surface area contributed by atoms with Crippen molar-refractivity contribution in [3.63, 3.8) is 0 Å². The average molecular weight is 293 g/mol. The van der Waals surface area contributed by atoms with E-state index in [4.69, 9.17) is 9.47 Å². The van der Waals surface area contributed by atoms with Crippen LogP contribution in [-0.4, -0.2) is 25.4 Å². The first-order chi connectivity index (χ1) is 9.56. The first kappa shape index (κ1) is 14.8. The Morgan fingerprint density at radius 1 is 1.25 bits per heavy atom. The molecule has 4 nitrogen and oxygen atoms in total. The fourth-order valence-electron chi connectivity index (χ4n) is 2.05. The maximum Gasteiger partial charge on any atom is 0.215 e. The van der Waals surface area contributed by atoms with E-state index < -0.39 is 0 Å². The van der Waals surface area contributed by atoms with Gasteiger partial charge in [0.25, 0.3) is 0 Å². The molecule has 0 radical (unpaired) electrons. The molecule has 0 fully saturated rings. The molecule has 0 bridgehead atoms. The highest BCUT2D eigenvalue weighted by Gasteiger charge is 2.27. The van der Waals surface area contributed by atoms with Crippen LogP contribution >= 0.6 is 11.8 Å². The van der Waals surface area contributed by atoms with E-state index in [1.807, 2.05) is 37.5 Å². The number of rotatable bonds is 4. The van der Waals surface area contributed by atoms with Gasteiger partial charge in [0, 0.05) is 17.0 Å². The van der Waals surface area contributed by atoms with Crippen LogP contribution < -0.4 is 14.8 Å². The minimum Gasteiger partial charge on any atom is -0.497 e. The molecule has 1 heterocycles. The summed E-state index contributed by atoms with van der Waals surface area (Å²) in [5, 5.41) is 5.29. The molecule has 1 N–H and O–H groups in total. The number of carbonyl (C=O) groups is 1. The number of carbonyl (C=O) groups excluding carboxylic acids is 1. The largest absolute Gasteiger partial charge is 0.497 e. The van der Waals surface area contributed by atoms with Gasteiger partial charge in [0.2, 0.25) is 5.12 Å². The van der Waals surface area contributed by atoms with Crippen LogP contribution in [0.4, 0.5) is 0 Å². The molecule has 0 saturated carbocycles. The molecule has 0 aliphatic carbocycles. The Balaban J connectivity index is 2.34. The van der Waals surface area contributed by atoms with Crippen LogP contribution in [0.1, 0.15) is 19.4 Å². The maximum atomic E-state index is 11.9. The summed E-state index contributed by atoms with van der Waals surface area (Å²) >= 11 is 1.24. The van der Waals surface area contributed by atoms with E-state index in [1.54, 1.807) is 14.2 Å². The monoisotopic (exact) mass is 293 g/mol. The Hall–Kier alpha value is -1.62. The molecule has 0 spiro atoms. The third kappa shape index (κ3) is 2.93. The minimum atomic E-state index is -0.174. The fraction of sp³-hybridized carbons (Fsp3) is 0.400. The lowest BCUT2D eigenvalue weighted by Crippen LogP contribution is -2.40. The normalized spacial score (nSPS) is 18.6. The van der Waals surface area contributed by atoms with Crippen molar-refractivity contribution in [2.24, 2.45) is 5.92 Å². The predicted octanol–water partition coefficient (Wildman–Crippen LogP) is 2.89. The zero-order valence-electron chi connectivity index (χ0n) is 12.1. The molecular formula is C15H19NO3S. The van der Waals surface area contributed by atoms with Crippen molar-refractivity contribution in [3.8, 4) is 11.5 Å². The number of hydrogen-bond donors (Lipinski definition) is 1. The summed E-state index contributed by atoms with van der Waals surface area (Å²) in [4.78, 5) is 11.9. The number of benzene rings is 1. The summed E-state index contributed by atoms with van der Waals surface area (Å²) in [7, 11) is 3.25. The quantitative estimate of drug-likeness (QED) is 0.925. The van der Waals surface area contributed by atoms with Gasteiger partial charge < -0.3 is 14.8 Å². The van der Waals surface area contributed by atoms with E-state index >= 15 is 0 Å². The SMILES string of the molecule is COc1ccc(C2=CSC(=O)[C@H](C(C)C)N2)c(OC)c1. The molecule has 20 heavy (non-hydrogen) atoms. The number of methoxy groups -OCH3 is 2. The Kier molecular flexibility index (Phi) is 4.60.